The molecule has 1 aromatic rings. The van der Waals surface area contributed by atoms with Crippen LogP contribution in [-0.4, -0.2) is 57.2 Å². The highest BCUT2D eigenvalue weighted by Gasteiger charge is 2.36. The lowest BCUT2D eigenvalue weighted by atomic mass is 10.1. The quantitative estimate of drug-likeness (QED) is 0.805. The minimum absolute atomic E-state index is 0.0692. The smallest absolute Gasteiger partial charge is 0.234 e. The number of methoxy groups -OCH3 is 2. The van der Waals surface area contributed by atoms with Gasteiger partial charge >= 0.3 is 0 Å². The Bertz CT molecular complexity index is 552. The van der Waals surface area contributed by atoms with E-state index in [1.807, 2.05) is 18.2 Å². The summed E-state index contributed by atoms with van der Waals surface area (Å²) in [6.07, 6.45) is 1.23. The van der Waals surface area contributed by atoms with Gasteiger partial charge in [0.15, 0.2) is 11.5 Å². The number of nitrogens with zero attached hydrogens (tertiary/aromatic N) is 1. The maximum absolute atomic E-state index is 12.1. The highest BCUT2D eigenvalue weighted by Crippen LogP contribution is 2.27. The van der Waals surface area contributed by atoms with Crippen LogP contribution in [-0.2, 0) is 11.3 Å². The second-order valence-electron chi connectivity index (χ2n) is 6.27. The number of likely N-dealkylation sites (tertiary alicyclic amines) is 1. The zero-order valence-electron chi connectivity index (χ0n) is 13.8. The first kappa shape index (κ1) is 16.1. The zero-order chi connectivity index (χ0) is 16.2. The number of amides is 1. The summed E-state index contributed by atoms with van der Waals surface area (Å²) in [5, 5.41) is 6.49. The van der Waals surface area contributed by atoms with Crippen LogP contribution >= 0.6 is 0 Å². The Morgan fingerprint density at radius 2 is 2.13 bits per heavy atom. The summed E-state index contributed by atoms with van der Waals surface area (Å²) in [5.41, 5.74) is 0.996. The van der Waals surface area contributed by atoms with Crippen LogP contribution in [0.25, 0.3) is 0 Å². The lowest BCUT2D eigenvalue weighted by Crippen LogP contribution is -2.38. The third-order valence-corrected chi connectivity index (χ3v) is 4.74. The SMILES string of the molecule is COc1ccc(CNC(=O)CN2CC3CCNC3C2)cc1OC. The summed E-state index contributed by atoms with van der Waals surface area (Å²) in [6.45, 7) is 4.10. The highest BCUT2D eigenvalue weighted by molar-refractivity contribution is 5.78. The topological polar surface area (TPSA) is 62.8 Å². The second-order valence-corrected chi connectivity index (χ2v) is 6.27. The minimum Gasteiger partial charge on any atom is -0.493 e. The van der Waals surface area contributed by atoms with Crippen molar-refractivity contribution in [2.45, 2.75) is 19.0 Å². The van der Waals surface area contributed by atoms with Crippen molar-refractivity contribution in [3.05, 3.63) is 23.8 Å². The zero-order valence-corrected chi connectivity index (χ0v) is 13.8. The fourth-order valence-electron chi connectivity index (χ4n) is 3.52. The van der Waals surface area contributed by atoms with Gasteiger partial charge in [-0.05, 0) is 36.6 Å². The first-order valence-electron chi connectivity index (χ1n) is 8.13. The van der Waals surface area contributed by atoms with Gasteiger partial charge in [0.05, 0.1) is 20.8 Å². The van der Waals surface area contributed by atoms with Gasteiger partial charge in [-0.3, -0.25) is 9.69 Å². The summed E-state index contributed by atoms with van der Waals surface area (Å²) in [4.78, 5) is 14.4. The van der Waals surface area contributed by atoms with Crippen LogP contribution in [0.3, 0.4) is 0 Å². The van der Waals surface area contributed by atoms with Gasteiger partial charge in [-0.1, -0.05) is 6.07 Å². The predicted molar refractivity (Wildman–Crippen MR) is 87.7 cm³/mol. The van der Waals surface area contributed by atoms with E-state index in [4.69, 9.17) is 9.47 Å². The van der Waals surface area contributed by atoms with Gasteiger partial charge in [-0.15, -0.1) is 0 Å². The molecule has 2 fully saturated rings. The van der Waals surface area contributed by atoms with Crippen molar-refractivity contribution in [1.82, 2.24) is 15.5 Å². The summed E-state index contributed by atoms with van der Waals surface area (Å²) in [6, 6.07) is 6.26. The molecule has 1 aromatic carbocycles. The molecule has 0 bridgehead atoms. The molecular formula is C17H25N3O3. The molecule has 0 aliphatic carbocycles. The van der Waals surface area contributed by atoms with Gasteiger partial charge in [0, 0.05) is 25.7 Å². The number of hydrogen-bond donors (Lipinski definition) is 2. The van der Waals surface area contributed by atoms with Gasteiger partial charge in [0.1, 0.15) is 0 Å². The number of ether oxygens (including phenoxy) is 2. The van der Waals surface area contributed by atoms with Crippen LogP contribution < -0.4 is 20.1 Å². The van der Waals surface area contributed by atoms with Gasteiger partial charge < -0.3 is 20.1 Å². The molecule has 0 radical (unpaired) electrons. The summed E-state index contributed by atoms with van der Waals surface area (Å²) in [7, 11) is 3.22. The maximum Gasteiger partial charge on any atom is 0.234 e. The maximum atomic E-state index is 12.1. The molecule has 0 saturated carbocycles. The van der Waals surface area contributed by atoms with Crippen LogP contribution in [0.2, 0.25) is 0 Å². The van der Waals surface area contributed by atoms with Crippen molar-refractivity contribution in [2.75, 3.05) is 40.4 Å². The average Bonchev–Trinajstić information content (AvgIpc) is 3.13. The van der Waals surface area contributed by atoms with Crippen molar-refractivity contribution in [3.8, 4) is 11.5 Å². The largest absolute Gasteiger partial charge is 0.493 e. The van der Waals surface area contributed by atoms with Crippen molar-refractivity contribution in [1.29, 1.82) is 0 Å². The molecule has 2 heterocycles. The van der Waals surface area contributed by atoms with Crippen LogP contribution in [0.1, 0.15) is 12.0 Å². The van der Waals surface area contributed by atoms with E-state index in [9.17, 15) is 4.79 Å². The summed E-state index contributed by atoms with van der Waals surface area (Å²) < 4.78 is 10.5. The number of benzene rings is 1. The van der Waals surface area contributed by atoms with Crippen molar-refractivity contribution in [2.24, 2.45) is 5.92 Å². The van der Waals surface area contributed by atoms with E-state index in [1.165, 1.54) is 6.42 Å². The molecule has 1 amide bonds. The van der Waals surface area contributed by atoms with Gasteiger partial charge in [-0.25, -0.2) is 0 Å². The van der Waals surface area contributed by atoms with Crippen LogP contribution in [0.15, 0.2) is 18.2 Å². The Morgan fingerprint density at radius 1 is 1.30 bits per heavy atom. The van der Waals surface area contributed by atoms with E-state index < -0.39 is 0 Å². The Labute approximate surface area is 137 Å². The molecule has 0 spiro atoms. The van der Waals surface area contributed by atoms with E-state index in [1.54, 1.807) is 14.2 Å². The molecule has 2 unspecified atom stereocenters. The first-order chi connectivity index (χ1) is 11.2. The Morgan fingerprint density at radius 3 is 2.87 bits per heavy atom. The lowest BCUT2D eigenvalue weighted by Gasteiger charge is -2.16. The normalized spacial score (nSPS) is 23.6. The molecule has 2 N–H and O–H groups in total. The van der Waals surface area contributed by atoms with Crippen LogP contribution in [0, 0.1) is 5.92 Å². The molecule has 23 heavy (non-hydrogen) atoms. The average molecular weight is 319 g/mol. The Balaban J connectivity index is 1.47. The number of carbonyl (C=O) groups excluding carboxylic acids is 1. The fraction of sp³-hybridized carbons (Fsp3) is 0.588. The predicted octanol–water partition coefficient (Wildman–Crippen LogP) is 0.614. The molecule has 126 valence electrons. The van der Waals surface area contributed by atoms with Gasteiger partial charge in [0.25, 0.3) is 0 Å². The highest BCUT2D eigenvalue weighted by atomic mass is 16.5. The molecular weight excluding hydrogens is 294 g/mol. The van der Waals surface area contributed by atoms with E-state index >= 15 is 0 Å². The van der Waals surface area contributed by atoms with Gasteiger partial charge in [-0.2, -0.15) is 0 Å². The molecule has 0 aromatic heterocycles. The van der Waals surface area contributed by atoms with Crippen LogP contribution in [0.5, 0.6) is 11.5 Å². The molecule has 3 rings (SSSR count). The molecule has 6 nitrogen and oxygen atoms in total. The monoisotopic (exact) mass is 319 g/mol. The minimum atomic E-state index is 0.0692. The van der Waals surface area contributed by atoms with Crippen molar-refractivity contribution in [3.63, 3.8) is 0 Å². The van der Waals surface area contributed by atoms with E-state index in [-0.39, 0.29) is 5.91 Å². The second kappa shape index (κ2) is 7.19. The van der Waals surface area contributed by atoms with E-state index in [0.29, 0.717) is 36.5 Å². The summed E-state index contributed by atoms with van der Waals surface area (Å²) in [5.74, 6) is 2.16. The Kier molecular flexibility index (Phi) is 5.03. The molecule has 2 aliphatic heterocycles. The summed E-state index contributed by atoms with van der Waals surface area (Å²) >= 11 is 0. The fourth-order valence-corrected chi connectivity index (χ4v) is 3.52. The van der Waals surface area contributed by atoms with Gasteiger partial charge in [0.2, 0.25) is 5.91 Å². The van der Waals surface area contributed by atoms with E-state index in [0.717, 1.165) is 25.2 Å². The standard InChI is InChI=1S/C17H25N3O3/c1-22-15-4-3-12(7-16(15)23-2)8-19-17(21)11-20-9-13-5-6-18-14(13)10-20/h3-4,7,13-14,18H,5-6,8-11H2,1-2H3,(H,19,21). The molecule has 2 aliphatic rings. The van der Waals surface area contributed by atoms with Crippen molar-refractivity contribution >= 4 is 5.91 Å². The van der Waals surface area contributed by atoms with Crippen LogP contribution in [0.4, 0.5) is 0 Å². The molecule has 2 saturated heterocycles. The van der Waals surface area contributed by atoms with Crippen molar-refractivity contribution < 1.29 is 14.3 Å². The molecule has 2 atom stereocenters. The van der Waals surface area contributed by atoms with E-state index in [2.05, 4.69) is 15.5 Å². The molecule has 6 heteroatoms. The third-order valence-electron chi connectivity index (χ3n) is 4.74. The first-order valence-corrected chi connectivity index (χ1v) is 8.13. The number of nitrogens with one attached hydrogen (secondary N) is 2. The number of fused-ring (bicyclic) bond motifs is 1. The number of hydrogen-bond acceptors (Lipinski definition) is 5. The number of rotatable bonds is 6. The lowest BCUT2D eigenvalue weighted by molar-refractivity contribution is -0.122. The third kappa shape index (κ3) is 3.76. The number of carbonyl (C=O) groups is 1. The Hall–Kier alpha value is -1.79.